The number of hydrogen-bond acceptors (Lipinski definition) is 8. The maximum Gasteiger partial charge on any atom is 0.308 e. The molecular weight excluding hydrogens is 444 g/mol. The van der Waals surface area contributed by atoms with Crippen molar-refractivity contribution in [3.63, 3.8) is 0 Å². The Labute approximate surface area is 202 Å². The first-order valence-electron chi connectivity index (χ1n) is 12.0. The van der Waals surface area contributed by atoms with Crippen LogP contribution in [0.2, 0.25) is 0 Å². The second-order valence-corrected chi connectivity index (χ2v) is 8.83. The van der Waals surface area contributed by atoms with E-state index in [0.29, 0.717) is 32.6 Å². The zero-order valence-electron chi connectivity index (χ0n) is 21.1. The molecule has 0 bridgehead atoms. The first-order chi connectivity index (χ1) is 16.2. The molecule has 1 N–H and O–H groups in total. The summed E-state index contributed by atoms with van der Waals surface area (Å²) in [5.41, 5.74) is 8.26. The molecule has 0 saturated carbocycles. The van der Waals surface area contributed by atoms with Gasteiger partial charge in [0.15, 0.2) is 0 Å². The van der Waals surface area contributed by atoms with Crippen LogP contribution in [0.5, 0.6) is 0 Å². The third-order valence-electron chi connectivity index (χ3n) is 4.28. The lowest BCUT2D eigenvalue weighted by molar-refractivity contribution is -0.146. The van der Waals surface area contributed by atoms with E-state index in [9.17, 15) is 14.4 Å². The highest BCUT2D eigenvalue weighted by atomic mass is 16.5. The van der Waals surface area contributed by atoms with E-state index < -0.39 is 6.04 Å². The van der Waals surface area contributed by atoms with E-state index in [1.807, 2.05) is 27.7 Å². The average Bonchev–Trinajstić information content (AvgIpc) is 2.78. The molecular formula is C23H42N4O7. The van der Waals surface area contributed by atoms with Crippen molar-refractivity contribution in [2.75, 3.05) is 46.2 Å². The van der Waals surface area contributed by atoms with Crippen LogP contribution in [0.4, 0.5) is 0 Å². The van der Waals surface area contributed by atoms with Gasteiger partial charge in [0.2, 0.25) is 5.91 Å². The van der Waals surface area contributed by atoms with Crippen molar-refractivity contribution in [1.29, 1.82) is 0 Å². The van der Waals surface area contributed by atoms with Crippen LogP contribution in [-0.4, -0.2) is 70.1 Å². The fourth-order valence-corrected chi connectivity index (χ4v) is 2.55. The Bertz CT molecular complexity index is 590. The molecule has 0 aromatic rings. The van der Waals surface area contributed by atoms with Gasteiger partial charge in [-0.2, -0.15) is 0 Å². The van der Waals surface area contributed by atoms with E-state index in [0.717, 1.165) is 12.8 Å². The lowest BCUT2D eigenvalue weighted by Crippen LogP contribution is -2.41. The highest BCUT2D eigenvalue weighted by Crippen LogP contribution is 2.02. The second kappa shape index (κ2) is 21.2. The van der Waals surface area contributed by atoms with Gasteiger partial charge in [0.05, 0.1) is 58.5 Å². The summed E-state index contributed by atoms with van der Waals surface area (Å²) in [5.74, 6) is -0.266. The number of amides is 1. The van der Waals surface area contributed by atoms with Crippen molar-refractivity contribution >= 4 is 17.8 Å². The predicted octanol–water partition coefficient (Wildman–Crippen LogP) is 3.55. The van der Waals surface area contributed by atoms with Gasteiger partial charge in [-0.05, 0) is 30.2 Å². The van der Waals surface area contributed by atoms with Gasteiger partial charge in [0.1, 0.15) is 0 Å². The van der Waals surface area contributed by atoms with Crippen molar-refractivity contribution in [2.45, 2.75) is 72.3 Å². The Hall–Kier alpha value is -2.36. The molecule has 0 saturated heterocycles. The number of nitrogens with zero attached hydrogens (tertiary/aromatic N) is 3. The number of ether oxygens (including phenoxy) is 4. The quantitative estimate of drug-likeness (QED) is 0.0857. The van der Waals surface area contributed by atoms with E-state index in [2.05, 4.69) is 15.3 Å². The van der Waals surface area contributed by atoms with Crippen molar-refractivity contribution in [2.24, 2.45) is 17.0 Å². The molecule has 11 heteroatoms. The minimum Gasteiger partial charge on any atom is -0.465 e. The minimum absolute atomic E-state index is 0.126. The van der Waals surface area contributed by atoms with Crippen molar-refractivity contribution in [1.82, 2.24) is 5.32 Å². The molecule has 0 unspecified atom stereocenters. The maximum absolute atomic E-state index is 12.3. The maximum atomic E-state index is 12.3. The van der Waals surface area contributed by atoms with Gasteiger partial charge in [-0.15, -0.1) is 0 Å². The van der Waals surface area contributed by atoms with Crippen LogP contribution in [0.15, 0.2) is 5.11 Å². The Morgan fingerprint density at radius 3 is 1.79 bits per heavy atom. The van der Waals surface area contributed by atoms with E-state index in [1.165, 1.54) is 0 Å². The Morgan fingerprint density at radius 1 is 0.794 bits per heavy atom. The smallest absolute Gasteiger partial charge is 0.308 e. The fraction of sp³-hybridized carbons (Fsp3) is 0.870. The summed E-state index contributed by atoms with van der Waals surface area (Å²) in [7, 11) is 0. The van der Waals surface area contributed by atoms with Crippen molar-refractivity contribution in [3.05, 3.63) is 10.4 Å². The number of rotatable bonds is 21. The first kappa shape index (κ1) is 31.6. The van der Waals surface area contributed by atoms with Gasteiger partial charge < -0.3 is 24.3 Å². The third kappa shape index (κ3) is 21.5. The molecule has 0 rings (SSSR count). The van der Waals surface area contributed by atoms with Crippen LogP contribution in [0, 0.1) is 11.8 Å². The van der Waals surface area contributed by atoms with Gasteiger partial charge in [0.25, 0.3) is 0 Å². The van der Waals surface area contributed by atoms with Crippen LogP contribution >= 0.6 is 0 Å². The zero-order chi connectivity index (χ0) is 25.6. The summed E-state index contributed by atoms with van der Waals surface area (Å²) in [5, 5.41) is 6.34. The van der Waals surface area contributed by atoms with Gasteiger partial charge in [0, 0.05) is 17.9 Å². The molecule has 196 valence electrons. The molecule has 11 nitrogen and oxygen atoms in total. The lowest BCUT2D eigenvalue weighted by atomic mass is 10.2. The first-order valence-corrected chi connectivity index (χ1v) is 12.0. The topological polar surface area (TPSA) is 149 Å². The number of carbonyl (C=O) groups is 3. The van der Waals surface area contributed by atoms with Crippen LogP contribution in [0.3, 0.4) is 0 Å². The fourth-order valence-electron chi connectivity index (χ4n) is 2.55. The van der Waals surface area contributed by atoms with Crippen LogP contribution in [0.1, 0.15) is 66.2 Å². The summed E-state index contributed by atoms with van der Waals surface area (Å²) in [6.45, 7) is 9.67. The summed E-state index contributed by atoms with van der Waals surface area (Å²) >= 11 is 0. The Balaban J connectivity index is 4.36. The molecule has 0 radical (unpaired) electrons. The van der Waals surface area contributed by atoms with E-state index in [1.54, 1.807) is 0 Å². The molecule has 0 fully saturated rings. The molecule has 0 spiro atoms. The lowest BCUT2D eigenvalue weighted by Gasteiger charge is -2.19. The van der Waals surface area contributed by atoms with Gasteiger partial charge in [-0.1, -0.05) is 39.2 Å². The number of carbonyl (C=O) groups excluding carboxylic acids is 3. The summed E-state index contributed by atoms with van der Waals surface area (Å²) in [4.78, 5) is 38.3. The number of azide groups is 1. The van der Waals surface area contributed by atoms with Crippen LogP contribution in [0.25, 0.3) is 10.4 Å². The van der Waals surface area contributed by atoms with E-state index >= 15 is 0 Å². The SMILES string of the molecule is CC(C)COC(=O)CCOCC(COCCC(=O)OCC(C)C)NC(=O)CCCCCN=[N+]=[N-]. The number of esters is 2. The van der Waals surface area contributed by atoms with Gasteiger partial charge in [-0.25, -0.2) is 0 Å². The van der Waals surface area contributed by atoms with Gasteiger partial charge in [-0.3, -0.25) is 14.4 Å². The van der Waals surface area contributed by atoms with Crippen LogP contribution in [-0.2, 0) is 33.3 Å². The number of unbranched alkanes of at least 4 members (excludes halogenated alkanes) is 2. The molecule has 0 aromatic heterocycles. The highest BCUT2D eigenvalue weighted by molar-refractivity contribution is 5.76. The monoisotopic (exact) mass is 486 g/mol. The third-order valence-corrected chi connectivity index (χ3v) is 4.28. The predicted molar refractivity (Wildman–Crippen MR) is 127 cm³/mol. The zero-order valence-corrected chi connectivity index (χ0v) is 21.1. The van der Waals surface area contributed by atoms with Crippen LogP contribution < -0.4 is 5.32 Å². The van der Waals surface area contributed by atoms with Crippen molar-refractivity contribution < 1.29 is 33.3 Å². The molecule has 0 aliphatic carbocycles. The Kier molecular flexibility index (Phi) is 19.7. The van der Waals surface area contributed by atoms with Gasteiger partial charge >= 0.3 is 11.9 Å². The molecule has 0 aliphatic heterocycles. The molecule has 1 amide bonds. The molecule has 0 aromatic carbocycles. The normalized spacial score (nSPS) is 10.9. The molecule has 0 aliphatic rings. The highest BCUT2D eigenvalue weighted by Gasteiger charge is 2.14. The van der Waals surface area contributed by atoms with E-state index in [-0.39, 0.29) is 69.0 Å². The number of hydrogen-bond donors (Lipinski definition) is 1. The summed E-state index contributed by atoms with van der Waals surface area (Å²) < 4.78 is 21.3. The average molecular weight is 487 g/mol. The molecule has 0 heterocycles. The molecule has 0 atom stereocenters. The largest absolute Gasteiger partial charge is 0.465 e. The minimum atomic E-state index is -0.422. The van der Waals surface area contributed by atoms with E-state index in [4.69, 9.17) is 24.5 Å². The number of nitrogens with one attached hydrogen (secondary N) is 1. The Morgan fingerprint density at radius 2 is 1.32 bits per heavy atom. The summed E-state index contributed by atoms with van der Waals surface area (Å²) in [6, 6.07) is -0.422. The van der Waals surface area contributed by atoms with Crippen molar-refractivity contribution in [3.8, 4) is 0 Å². The standard InChI is InChI=1S/C23H42N4O7/c1-18(2)14-33-22(29)9-12-31-16-20(17-32-13-10-23(30)34-15-19(3)4)26-21(28)8-6-5-7-11-25-27-24/h18-20H,5-17H2,1-4H3,(H,26,28). The molecule has 34 heavy (non-hydrogen) atoms. The summed E-state index contributed by atoms with van der Waals surface area (Å²) in [6.07, 6.45) is 2.76. The second-order valence-electron chi connectivity index (χ2n) is 8.83.